The van der Waals surface area contributed by atoms with Gasteiger partial charge in [-0.15, -0.1) is 0 Å². The van der Waals surface area contributed by atoms with Crippen LogP contribution in [0.4, 0.5) is 0 Å². The molecule has 0 aromatic carbocycles. The van der Waals surface area contributed by atoms with Crippen molar-refractivity contribution in [3.63, 3.8) is 0 Å². The first kappa shape index (κ1) is 17.2. The predicted molar refractivity (Wildman–Crippen MR) is 91.4 cm³/mol. The van der Waals surface area contributed by atoms with Crippen molar-refractivity contribution in [3.8, 4) is 0 Å². The van der Waals surface area contributed by atoms with E-state index in [0.29, 0.717) is 6.04 Å². The van der Waals surface area contributed by atoms with Gasteiger partial charge in [-0.1, -0.05) is 19.3 Å². The molecule has 1 aliphatic carbocycles. The summed E-state index contributed by atoms with van der Waals surface area (Å²) in [5.41, 5.74) is 0.177. The van der Waals surface area contributed by atoms with Crippen LogP contribution in [-0.2, 0) is 9.53 Å². The molecule has 0 aromatic heterocycles. The van der Waals surface area contributed by atoms with E-state index in [9.17, 15) is 4.79 Å². The summed E-state index contributed by atoms with van der Waals surface area (Å²) in [6.45, 7) is 7.66. The summed E-state index contributed by atoms with van der Waals surface area (Å²) in [4.78, 5) is 15.2. The van der Waals surface area contributed by atoms with Gasteiger partial charge in [-0.05, 0) is 39.2 Å². The van der Waals surface area contributed by atoms with Crippen LogP contribution in [-0.4, -0.2) is 61.8 Å². The van der Waals surface area contributed by atoms with Gasteiger partial charge in [0.05, 0.1) is 13.2 Å². The molecule has 0 aromatic rings. The van der Waals surface area contributed by atoms with E-state index in [4.69, 9.17) is 4.74 Å². The van der Waals surface area contributed by atoms with Gasteiger partial charge in [0, 0.05) is 37.1 Å². The fourth-order valence-electron chi connectivity index (χ4n) is 4.62. The summed E-state index contributed by atoms with van der Waals surface area (Å²) < 4.78 is 5.53. The maximum absolute atomic E-state index is 12.6. The highest BCUT2D eigenvalue weighted by molar-refractivity contribution is 5.78. The number of ether oxygens (including phenoxy) is 1. The molecule has 3 aliphatic rings. The molecule has 0 unspecified atom stereocenters. The molecule has 3 fully saturated rings. The number of carbonyl (C=O) groups is 1. The van der Waals surface area contributed by atoms with E-state index >= 15 is 0 Å². The number of hydrogen-bond donors (Lipinski definition) is 2. The minimum atomic E-state index is 0.177. The quantitative estimate of drug-likeness (QED) is 0.824. The second-order valence-electron chi connectivity index (χ2n) is 7.68. The topological polar surface area (TPSA) is 53.6 Å². The Kier molecular flexibility index (Phi) is 5.94. The lowest BCUT2D eigenvalue weighted by Gasteiger charge is -2.48. The van der Waals surface area contributed by atoms with Gasteiger partial charge in [-0.2, -0.15) is 0 Å². The number of nitrogens with zero attached hydrogens (tertiary/aromatic N) is 1. The van der Waals surface area contributed by atoms with Crippen LogP contribution >= 0.6 is 0 Å². The molecule has 23 heavy (non-hydrogen) atoms. The van der Waals surface area contributed by atoms with Crippen LogP contribution < -0.4 is 10.6 Å². The van der Waals surface area contributed by atoms with Gasteiger partial charge in [0.15, 0.2) is 0 Å². The molecule has 2 N–H and O–H groups in total. The van der Waals surface area contributed by atoms with Gasteiger partial charge < -0.3 is 15.4 Å². The highest BCUT2D eigenvalue weighted by atomic mass is 16.5. The van der Waals surface area contributed by atoms with Gasteiger partial charge >= 0.3 is 0 Å². The van der Waals surface area contributed by atoms with Crippen molar-refractivity contribution in [1.82, 2.24) is 15.5 Å². The standard InChI is InChI=1S/C18H33N3O2/c1-15-13-16(5-8-19-15)17(22)20-14-18(6-3-2-4-7-18)21-9-11-23-12-10-21/h15-16,19H,2-14H2,1H3,(H,20,22)/t15-,16-/m0/s1. The second-order valence-corrected chi connectivity index (χ2v) is 7.68. The Labute approximate surface area is 140 Å². The number of nitrogens with one attached hydrogen (secondary N) is 2. The fraction of sp³-hybridized carbons (Fsp3) is 0.944. The zero-order valence-electron chi connectivity index (χ0n) is 14.6. The first-order chi connectivity index (χ1) is 11.2. The first-order valence-electron chi connectivity index (χ1n) is 9.53. The summed E-state index contributed by atoms with van der Waals surface area (Å²) in [5.74, 6) is 0.466. The van der Waals surface area contributed by atoms with Crippen molar-refractivity contribution >= 4 is 5.91 Å². The van der Waals surface area contributed by atoms with Gasteiger partial charge in [-0.3, -0.25) is 9.69 Å². The molecule has 2 heterocycles. The van der Waals surface area contributed by atoms with Crippen molar-refractivity contribution in [2.24, 2.45) is 5.92 Å². The summed E-state index contributed by atoms with van der Waals surface area (Å²) in [6, 6.07) is 0.461. The zero-order valence-corrected chi connectivity index (χ0v) is 14.6. The molecule has 0 spiro atoms. The molecule has 2 saturated heterocycles. The molecule has 5 nitrogen and oxygen atoms in total. The van der Waals surface area contributed by atoms with Crippen LogP contribution in [0.1, 0.15) is 51.9 Å². The molecule has 1 amide bonds. The van der Waals surface area contributed by atoms with Crippen LogP contribution in [0, 0.1) is 5.92 Å². The lowest BCUT2D eigenvalue weighted by Crippen LogP contribution is -2.60. The van der Waals surface area contributed by atoms with E-state index < -0.39 is 0 Å². The molecule has 2 aliphatic heterocycles. The molecule has 2 atom stereocenters. The van der Waals surface area contributed by atoms with Gasteiger partial charge in [-0.25, -0.2) is 0 Å². The zero-order chi connectivity index (χ0) is 16.1. The van der Waals surface area contributed by atoms with E-state index in [1.54, 1.807) is 0 Å². The Morgan fingerprint density at radius 3 is 2.70 bits per heavy atom. The Hall–Kier alpha value is -0.650. The lowest BCUT2D eigenvalue weighted by atomic mass is 9.79. The maximum atomic E-state index is 12.6. The number of hydrogen-bond acceptors (Lipinski definition) is 4. The van der Waals surface area contributed by atoms with E-state index in [1.807, 2.05) is 0 Å². The Morgan fingerprint density at radius 1 is 1.26 bits per heavy atom. The largest absolute Gasteiger partial charge is 0.379 e. The molecule has 0 radical (unpaired) electrons. The number of morpholine rings is 1. The Balaban J connectivity index is 1.58. The van der Waals surface area contributed by atoms with Crippen LogP contribution in [0.15, 0.2) is 0 Å². The smallest absolute Gasteiger partial charge is 0.223 e. The molecular formula is C18H33N3O2. The third-order valence-corrected chi connectivity index (χ3v) is 6.05. The monoisotopic (exact) mass is 323 g/mol. The summed E-state index contributed by atoms with van der Waals surface area (Å²) >= 11 is 0. The van der Waals surface area contributed by atoms with Crippen molar-refractivity contribution in [2.75, 3.05) is 39.4 Å². The minimum absolute atomic E-state index is 0.177. The summed E-state index contributed by atoms with van der Waals surface area (Å²) in [5, 5.41) is 6.76. The van der Waals surface area contributed by atoms with E-state index in [1.165, 1.54) is 32.1 Å². The van der Waals surface area contributed by atoms with Gasteiger partial charge in [0.1, 0.15) is 0 Å². The SMILES string of the molecule is C[C@H]1C[C@@H](C(=O)NCC2(N3CCOCC3)CCCCC2)CCN1. The average Bonchev–Trinajstić information content (AvgIpc) is 2.61. The minimum Gasteiger partial charge on any atom is -0.379 e. The van der Waals surface area contributed by atoms with Crippen LogP contribution in [0.25, 0.3) is 0 Å². The highest BCUT2D eigenvalue weighted by Gasteiger charge is 2.39. The summed E-state index contributed by atoms with van der Waals surface area (Å²) in [6.07, 6.45) is 8.30. The fourth-order valence-corrected chi connectivity index (χ4v) is 4.62. The van der Waals surface area contributed by atoms with Crippen molar-refractivity contribution in [3.05, 3.63) is 0 Å². The van der Waals surface area contributed by atoms with E-state index in [-0.39, 0.29) is 17.4 Å². The van der Waals surface area contributed by atoms with E-state index in [2.05, 4.69) is 22.5 Å². The molecule has 1 saturated carbocycles. The number of carbonyl (C=O) groups excluding carboxylic acids is 1. The molecule has 3 rings (SSSR count). The predicted octanol–water partition coefficient (Wildman–Crippen LogP) is 1.53. The highest BCUT2D eigenvalue weighted by Crippen LogP contribution is 2.34. The number of amides is 1. The van der Waals surface area contributed by atoms with Gasteiger partial charge in [0.25, 0.3) is 0 Å². The maximum Gasteiger partial charge on any atom is 0.223 e. The van der Waals surface area contributed by atoms with Gasteiger partial charge in [0.2, 0.25) is 5.91 Å². The third-order valence-electron chi connectivity index (χ3n) is 6.05. The number of rotatable bonds is 4. The van der Waals surface area contributed by atoms with Crippen LogP contribution in [0.5, 0.6) is 0 Å². The molecule has 132 valence electrons. The van der Waals surface area contributed by atoms with Crippen molar-refractivity contribution in [1.29, 1.82) is 0 Å². The Morgan fingerprint density at radius 2 is 2.00 bits per heavy atom. The van der Waals surface area contributed by atoms with Crippen molar-refractivity contribution in [2.45, 2.75) is 63.5 Å². The average molecular weight is 323 g/mol. The molecule has 5 heteroatoms. The van der Waals surface area contributed by atoms with Crippen LogP contribution in [0.3, 0.4) is 0 Å². The molecular weight excluding hydrogens is 290 g/mol. The normalized spacial score (nSPS) is 32.4. The summed E-state index contributed by atoms with van der Waals surface area (Å²) in [7, 11) is 0. The number of piperidine rings is 1. The van der Waals surface area contributed by atoms with Crippen LogP contribution in [0.2, 0.25) is 0 Å². The third kappa shape index (κ3) is 4.25. The Bertz CT molecular complexity index is 390. The van der Waals surface area contributed by atoms with Crippen molar-refractivity contribution < 1.29 is 9.53 Å². The lowest BCUT2D eigenvalue weighted by molar-refractivity contribution is -0.127. The first-order valence-corrected chi connectivity index (χ1v) is 9.53. The second kappa shape index (κ2) is 7.95. The van der Waals surface area contributed by atoms with E-state index in [0.717, 1.165) is 52.2 Å². The molecule has 0 bridgehead atoms.